The van der Waals surface area contributed by atoms with Gasteiger partial charge in [0.2, 0.25) is 0 Å². The van der Waals surface area contributed by atoms with Gasteiger partial charge in [-0.05, 0) is 12.8 Å². The van der Waals surface area contributed by atoms with Gasteiger partial charge in [0.05, 0.1) is 12.8 Å². The van der Waals surface area contributed by atoms with E-state index in [0.717, 1.165) is 19.3 Å². The maximum absolute atomic E-state index is 11.8. The highest BCUT2D eigenvalue weighted by molar-refractivity contribution is 5.89. The van der Waals surface area contributed by atoms with Crippen LogP contribution < -0.4 is 0 Å². The molecule has 1 rings (SSSR count). The first-order valence-corrected chi connectivity index (χ1v) is 5.97. The number of carbonyl (C=O) groups is 3. The van der Waals surface area contributed by atoms with Gasteiger partial charge in [0.15, 0.2) is 5.60 Å². The number of carboxylic acids is 2. The van der Waals surface area contributed by atoms with Crippen molar-refractivity contribution in [3.8, 4) is 0 Å². The molecule has 0 amide bonds. The van der Waals surface area contributed by atoms with Crippen LogP contribution in [0.2, 0.25) is 0 Å². The molecule has 3 N–H and O–H groups in total. The second-order valence-electron chi connectivity index (χ2n) is 4.54. The van der Waals surface area contributed by atoms with Crippen molar-refractivity contribution in [2.75, 3.05) is 13.1 Å². The summed E-state index contributed by atoms with van der Waals surface area (Å²) in [5, 5.41) is 28.5. The monoisotopic (exact) mass is 275 g/mol. The molecule has 0 aliphatic carbocycles. The van der Waals surface area contributed by atoms with E-state index in [2.05, 4.69) is 0 Å². The minimum Gasteiger partial charge on any atom is -0.481 e. The summed E-state index contributed by atoms with van der Waals surface area (Å²) >= 11 is 0. The number of hydrogen-bond donors (Lipinski definition) is 3. The Kier molecular flexibility index (Phi) is 5.25. The lowest BCUT2D eigenvalue weighted by atomic mass is 9.96. The molecular weight excluding hydrogens is 258 g/mol. The molecule has 0 saturated carbocycles. The fraction of sp³-hybridized carbons (Fsp3) is 0.727. The number of carboxylic acid groups (broad SMARTS) is 2. The van der Waals surface area contributed by atoms with Crippen molar-refractivity contribution in [2.24, 2.45) is 0 Å². The quantitative estimate of drug-likeness (QED) is 0.598. The van der Waals surface area contributed by atoms with E-state index in [1.165, 1.54) is 5.06 Å². The Bertz CT molecular complexity index is 346. The molecule has 8 heteroatoms. The van der Waals surface area contributed by atoms with Crippen LogP contribution in [0.4, 0.5) is 0 Å². The van der Waals surface area contributed by atoms with Gasteiger partial charge in [0.1, 0.15) is 0 Å². The van der Waals surface area contributed by atoms with E-state index < -0.39 is 36.4 Å². The molecule has 1 saturated heterocycles. The minimum atomic E-state index is -2.55. The van der Waals surface area contributed by atoms with Gasteiger partial charge in [-0.3, -0.25) is 9.59 Å². The van der Waals surface area contributed by atoms with E-state index in [1.54, 1.807) is 0 Å². The average Bonchev–Trinajstić information content (AvgIpc) is 2.27. The zero-order valence-electron chi connectivity index (χ0n) is 10.4. The Labute approximate surface area is 109 Å². The lowest BCUT2D eigenvalue weighted by Crippen LogP contribution is -2.47. The van der Waals surface area contributed by atoms with Gasteiger partial charge in [-0.2, -0.15) is 0 Å². The predicted octanol–water partition coefficient (Wildman–Crippen LogP) is -0.389. The second kappa shape index (κ2) is 6.48. The molecule has 1 heterocycles. The largest absolute Gasteiger partial charge is 0.481 e. The van der Waals surface area contributed by atoms with E-state index in [1.807, 2.05) is 0 Å². The van der Waals surface area contributed by atoms with Crippen LogP contribution in [-0.4, -0.2) is 57.0 Å². The Morgan fingerprint density at radius 1 is 1.00 bits per heavy atom. The van der Waals surface area contributed by atoms with Crippen LogP contribution in [0.25, 0.3) is 0 Å². The molecule has 0 unspecified atom stereocenters. The average molecular weight is 275 g/mol. The van der Waals surface area contributed by atoms with Crippen molar-refractivity contribution in [3.05, 3.63) is 0 Å². The zero-order valence-corrected chi connectivity index (χ0v) is 10.4. The molecule has 0 atom stereocenters. The Morgan fingerprint density at radius 2 is 1.47 bits per heavy atom. The van der Waals surface area contributed by atoms with Gasteiger partial charge in [-0.15, -0.1) is 5.06 Å². The van der Waals surface area contributed by atoms with Gasteiger partial charge < -0.3 is 20.2 Å². The third-order valence-corrected chi connectivity index (χ3v) is 2.79. The summed E-state index contributed by atoms with van der Waals surface area (Å²) in [6.07, 6.45) is 0.633. The van der Waals surface area contributed by atoms with Crippen LogP contribution >= 0.6 is 0 Å². The molecule has 1 fully saturated rings. The maximum Gasteiger partial charge on any atom is 0.358 e. The highest BCUT2D eigenvalue weighted by atomic mass is 16.7. The summed E-state index contributed by atoms with van der Waals surface area (Å²) in [7, 11) is 0. The molecule has 0 aromatic carbocycles. The lowest BCUT2D eigenvalue weighted by Gasteiger charge is -2.29. The number of carbonyl (C=O) groups excluding carboxylic acids is 1. The Morgan fingerprint density at radius 3 is 1.89 bits per heavy atom. The van der Waals surface area contributed by atoms with Crippen molar-refractivity contribution in [3.63, 3.8) is 0 Å². The fourth-order valence-electron chi connectivity index (χ4n) is 1.87. The van der Waals surface area contributed by atoms with Crippen LogP contribution in [0, 0.1) is 0 Å². The van der Waals surface area contributed by atoms with Crippen molar-refractivity contribution >= 4 is 17.9 Å². The van der Waals surface area contributed by atoms with Gasteiger partial charge in [-0.1, -0.05) is 6.42 Å². The molecule has 1 aliphatic rings. The fourth-order valence-corrected chi connectivity index (χ4v) is 1.87. The van der Waals surface area contributed by atoms with Crippen molar-refractivity contribution in [1.29, 1.82) is 0 Å². The third-order valence-electron chi connectivity index (χ3n) is 2.79. The summed E-state index contributed by atoms with van der Waals surface area (Å²) in [6, 6.07) is 0. The van der Waals surface area contributed by atoms with Gasteiger partial charge in [0, 0.05) is 13.1 Å². The normalized spacial score (nSPS) is 16.9. The van der Waals surface area contributed by atoms with Crippen LogP contribution in [-0.2, 0) is 19.2 Å². The molecule has 0 radical (unpaired) electrons. The summed E-state index contributed by atoms with van der Waals surface area (Å²) in [6.45, 7) is 0.976. The van der Waals surface area contributed by atoms with Crippen LogP contribution in [0.15, 0.2) is 0 Å². The van der Waals surface area contributed by atoms with Crippen LogP contribution in [0.3, 0.4) is 0 Å². The predicted molar refractivity (Wildman–Crippen MR) is 61.0 cm³/mol. The Balaban J connectivity index is 2.69. The first-order chi connectivity index (χ1) is 8.83. The molecule has 8 nitrogen and oxygen atoms in total. The van der Waals surface area contributed by atoms with E-state index in [9.17, 15) is 19.5 Å². The number of aliphatic hydroxyl groups is 1. The summed E-state index contributed by atoms with van der Waals surface area (Å²) < 4.78 is 0. The molecule has 0 spiro atoms. The van der Waals surface area contributed by atoms with Crippen molar-refractivity contribution in [1.82, 2.24) is 5.06 Å². The molecule has 0 bridgehead atoms. The highest BCUT2D eigenvalue weighted by Gasteiger charge is 2.43. The zero-order chi connectivity index (χ0) is 14.5. The number of nitrogens with zero attached hydrogens (tertiary/aromatic N) is 1. The Hall–Kier alpha value is -1.67. The summed E-state index contributed by atoms with van der Waals surface area (Å²) in [5.74, 6) is -4.18. The number of piperidine rings is 1. The summed E-state index contributed by atoms with van der Waals surface area (Å²) in [5.41, 5.74) is -2.55. The van der Waals surface area contributed by atoms with Crippen molar-refractivity contribution in [2.45, 2.75) is 37.7 Å². The molecule has 19 heavy (non-hydrogen) atoms. The second-order valence-corrected chi connectivity index (χ2v) is 4.54. The summed E-state index contributed by atoms with van der Waals surface area (Å²) in [4.78, 5) is 37.9. The number of rotatable bonds is 6. The molecule has 1 aliphatic heterocycles. The van der Waals surface area contributed by atoms with Gasteiger partial charge in [0.25, 0.3) is 0 Å². The SMILES string of the molecule is O=C(O)CC(O)(CC(=O)O)C(=O)ON1CCCCC1. The number of hydrogen-bond acceptors (Lipinski definition) is 6. The molecular formula is C11H17NO7. The minimum absolute atomic E-state index is 0.488. The smallest absolute Gasteiger partial charge is 0.358 e. The van der Waals surface area contributed by atoms with E-state index >= 15 is 0 Å². The van der Waals surface area contributed by atoms with E-state index in [0.29, 0.717) is 13.1 Å². The van der Waals surface area contributed by atoms with E-state index in [-0.39, 0.29) is 0 Å². The van der Waals surface area contributed by atoms with Crippen LogP contribution in [0.1, 0.15) is 32.1 Å². The molecule has 0 aromatic heterocycles. The number of hydroxylamine groups is 2. The molecule has 108 valence electrons. The van der Waals surface area contributed by atoms with Crippen molar-refractivity contribution < 1.29 is 34.5 Å². The van der Waals surface area contributed by atoms with Gasteiger partial charge >= 0.3 is 17.9 Å². The number of aliphatic carboxylic acids is 2. The standard InChI is InChI=1S/C11H17NO7/c13-8(14)6-11(18,7-9(15)16)10(17)19-12-4-2-1-3-5-12/h18H,1-7H2,(H,13,14)(H,15,16). The highest BCUT2D eigenvalue weighted by Crippen LogP contribution is 2.20. The maximum atomic E-state index is 11.8. The van der Waals surface area contributed by atoms with Crippen LogP contribution in [0.5, 0.6) is 0 Å². The topological polar surface area (TPSA) is 124 Å². The first-order valence-electron chi connectivity index (χ1n) is 5.97. The van der Waals surface area contributed by atoms with E-state index in [4.69, 9.17) is 15.1 Å². The third kappa shape index (κ3) is 4.84. The lowest BCUT2D eigenvalue weighted by molar-refractivity contribution is -0.217. The first kappa shape index (κ1) is 15.4. The molecule has 0 aromatic rings. The van der Waals surface area contributed by atoms with Gasteiger partial charge in [-0.25, -0.2) is 4.79 Å².